The largest absolute Gasteiger partial charge is 0.310 e. The van der Waals surface area contributed by atoms with Crippen LogP contribution >= 0.6 is 0 Å². The van der Waals surface area contributed by atoms with E-state index in [1.807, 2.05) is 0 Å². The maximum atomic E-state index is 2.50. The number of hydrogen-bond acceptors (Lipinski definition) is 2. The van der Waals surface area contributed by atoms with E-state index in [0.717, 1.165) is 34.1 Å². The van der Waals surface area contributed by atoms with Crippen LogP contribution < -0.4 is 9.80 Å². The highest BCUT2D eigenvalue weighted by atomic mass is 15.2. The lowest BCUT2D eigenvalue weighted by molar-refractivity contribution is 0.794. The van der Waals surface area contributed by atoms with Crippen LogP contribution in [0.5, 0.6) is 0 Å². The minimum Gasteiger partial charge on any atom is -0.310 e. The number of aryl methyl sites for hydroxylation is 8. The van der Waals surface area contributed by atoms with Crippen LogP contribution in [0, 0.1) is 55.4 Å². The van der Waals surface area contributed by atoms with Crippen LogP contribution in [-0.4, -0.2) is 0 Å². The van der Waals surface area contributed by atoms with E-state index in [1.54, 1.807) is 0 Å². The van der Waals surface area contributed by atoms with E-state index < -0.39 is 5.41 Å². The molecule has 0 unspecified atom stereocenters. The topological polar surface area (TPSA) is 6.48 Å². The van der Waals surface area contributed by atoms with Crippen LogP contribution in [0.25, 0.3) is 33.4 Å². The summed E-state index contributed by atoms with van der Waals surface area (Å²) in [7, 11) is 0. The third-order valence-electron chi connectivity index (χ3n) is 14.1. The molecule has 0 heterocycles. The van der Waals surface area contributed by atoms with E-state index in [-0.39, 0.29) is 0 Å². The fourth-order valence-corrected chi connectivity index (χ4v) is 11.4. The number of anilines is 6. The van der Waals surface area contributed by atoms with Gasteiger partial charge in [-0.1, -0.05) is 162 Å². The van der Waals surface area contributed by atoms with Gasteiger partial charge in [-0.2, -0.15) is 0 Å². The van der Waals surface area contributed by atoms with Crippen LogP contribution in [-0.2, 0) is 5.41 Å². The lowest BCUT2D eigenvalue weighted by atomic mass is 9.70. The van der Waals surface area contributed by atoms with Gasteiger partial charge >= 0.3 is 0 Å². The molecule has 316 valence electrons. The second kappa shape index (κ2) is 15.4. The summed E-state index contributed by atoms with van der Waals surface area (Å²) >= 11 is 0. The third-order valence-corrected chi connectivity index (χ3v) is 14.1. The molecule has 2 heteroatoms. The normalized spacial score (nSPS) is 12.7. The summed E-state index contributed by atoms with van der Waals surface area (Å²) in [6, 6.07) is 69.2. The zero-order valence-electron chi connectivity index (χ0n) is 38.7. The Bertz CT molecular complexity index is 3110. The van der Waals surface area contributed by atoms with Crippen LogP contribution in [0.3, 0.4) is 0 Å². The minimum atomic E-state index is -0.441. The molecule has 0 saturated carbocycles. The highest BCUT2D eigenvalue weighted by molar-refractivity contribution is 6.01. The van der Waals surface area contributed by atoms with Gasteiger partial charge in [-0.15, -0.1) is 0 Å². The molecule has 0 bridgehead atoms. The van der Waals surface area contributed by atoms with Crippen molar-refractivity contribution in [1.29, 1.82) is 0 Å². The van der Waals surface area contributed by atoms with Gasteiger partial charge in [-0.05, 0) is 176 Å². The predicted octanol–water partition coefficient (Wildman–Crippen LogP) is 17.1. The standard InChI is InChI=1S/C63H54N2/c1-39-24-28-58(43(5)32-39)64(59-29-25-40(2)33-44(59)6)48-36-47(37-49(38-48)65(60-30-26-41(3)34-45(60)7)61-31-27-42(4)35-46(61)8)50-19-15-23-57-62(50)53-18-11-14-22-56(53)63(57)54-20-12-9-16-51(54)52-17-10-13-21-55(52)63/h9-38H,1-8H3. The Labute approximate surface area is 385 Å². The van der Waals surface area contributed by atoms with Gasteiger partial charge in [-0.25, -0.2) is 0 Å². The highest BCUT2D eigenvalue weighted by Gasteiger charge is 2.52. The van der Waals surface area contributed by atoms with Crippen LogP contribution in [0.1, 0.15) is 66.8 Å². The Balaban J connectivity index is 1.25. The third kappa shape index (κ3) is 6.30. The average molecular weight is 839 g/mol. The average Bonchev–Trinajstić information content (AvgIpc) is 3.77. The van der Waals surface area contributed by atoms with Crippen molar-refractivity contribution < 1.29 is 0 Å². The Morgan fingerprint density at radius 2 is 0.631 bits per heavy atom. The number of nitrogens with zero attached hydrogens (tertiary/aromatic N) is 2. The quantitative estimate of drug-likeness (QED) is 0.158. The number of fused-ring (bicyclic) bond motifs is 10. The van der Waals surface area contributed by atoms with Gasteiger partial charge in [-0.3, -0.25) is 0 Å². The molecule has 1 spiro atoms. The second-order valence-electron chi connectivity index (χ2n) is 18.7. The van der Waals surface area contributed by atoms with Crippen LogP contribution in [0.15, 0.2) is 182 Å². The lowest BCUT2D eigenvalue weighted by Crippen LogP contribution is -2.25. The molecule has 0 radical (unpaired) electrons. The molecular formula is C63H54N2. The van der Waals surface area contributed by atoms with Gasteiger partial charge in [0.1, 0.15) is 0 Å². The van der Waals surface area contributed by atoms with Crippen molar-refractivity contribution in [2.24, 2.45) is 0 Å². The molecule has 2 nitrogen and oxygen atoms in total. The first-order valence-corrected chi connectivity index (χ1v) is 23.0. The minimum absolute atomic E-state index is 0.441. The first kappa shape index (κ1) is 40.4. The smallest absolute Gasteiger partial charge is 0.0725 e. The zero-order valence-corrected chi connectivity index (χ0v) is 38.7. The summed E-state index contributed by atoms with van der Waals surface area (Å²) in [6.07, 6.45) is 0. The molecule has 2 aliphatic rings. The Morgan fingerprint density at radius 1 is 0.292 bits per heavy atom. The molecule has 9 aromatic rings. The van der Waals surface area contributed by atoms with Crippen molar-refractivity contribution in [3.05, 3.63) is 249 Å². The summed E-state index contributed by atoms with van der Waals surface area (Å²) < 4.78 is 0. The first-order chi connectivity index (χ1) is 31.5. The fraction of sp³-hybridized carbons (Fsp3) is 0.143. The zero-order chi connectivity index (χ0) is 44.7. The van der Waals surface area contributed by atoms with Crippen LogP contribution in [0.4, 0.5) is 34.1 Å². The van der Waals surface area contributed by atoms with Crippen molar-refractivity contribution in [1.82, 2.24) is 0 Å². The molecule has 0 aliphatic heterocycles. The highest BCUT2D eigenvalue weighted by Crippen LogP contribution is 2.64. The van der Waals surface area contributed by atoms with Crippen molar-refractivity contribution in [3.8, 4) is 33.4 Å². The summed E-state index contributed by atoms with van der Waals surface area (Å²) in [4.78, 5) is 5.00. The molecule has 0 amide bonds. The van der Waals surface area contributed by atoms with E-state index in [1.165, 1.54) is 100 Å². The van der Waals surface area contributed by atoms with Crippen LogP contribution in [0.2, 0.25) is 0 Å². The van der Waals surface area contributed by atoms with E-state index in [4.69, 9.17) is 0 Å². The maximum Gasteiger partial charge on any atom is 0.0725 e. The molecule has 0 fully saturated rings. The first-order valence-electron chi connectivity index (χ1n) is 23.0. The van der Waals surface area contributed by atoms with E-state index in [9.17, 15) is 0 Å². The Kier molecular flexibility index (Phi) is 9.55. The molecule has 0 N–H and O–H groups in total. The lowest BCUT2D eigenvalue weighted by Gasteiger charge is -2.33. The van der Waals surface area contributed by atoms with Gasteiger partial charge in [0.15, 0.2) is 0 Å². The monoisotopic (exact) mass is 838 g/mol. The Morgan fingerprint density at radius 3 is 1.03 bits per heavy atom. The summed E-state index contributed by atoms with van der Waals surface area (Å²) in [5.41, 5.74) is 29.3. The van der Waals surface area contributed by atoms with Crippen molar-refractivity contribution in [2.75, 3.05) is 9.80 Å². The Hall–Kier alpha value is -7.42. The molecule has 9 aromatic carbocycles. The number of benzene rings is 9. The van der Waals surface area contributed by atoms with Gasteiger partial charge in [0, 0.05) is 34.1 Å². The molecule has 0 aromatic heterocycles. The van der Waals surface area contributed by atoms with Gasteiger partial charge in [0.05, 0.1) is 5.41 Å². The molecule has 11 rings (SSSR count). The van der Waals surface area contributed by atoms with E-state index in [2.05, 4.69) is 247 Å². The van der Waals surface area contributed by atoms with Gasteiger partial charge in [0.25, 0.3) is 0 Å². The summed E-state index contributed by atoms with van der Waals surface area (Å²) in [5.74, 6) is 0. The van der Waals surface area contributed by atoms with E-state index in [0.29, 0.717) is 0 Å². The molecule has 0 saturated heterocycles. The predicted molar refractivity (Wildman–Crippen MR) is 275 cm³/mol. The SMILES string of the molecule is Cc1ccc(N(c2cc(-c3cccc4c3-c3ccccc3C43c4ccccc4-c4ccccc43)cc(N(c3ccc(C)cc3C)c3ccc(C)cc3C)c2)c2ccc(C)cc2C)c(C)c1. The maximum absolute atomic E-state index is 2.50. The molecular weight excluding hydrogens is 785 g/mol. The summed E-state index contributed by atoms with van der Waals surface area (Å²) in [5, 5.41) is 0. The van der Waals surface area contributed by atoms with Gasteiger partial charge in [0.2, 0.25) is 0 Å². The van der Waals surface area contributed by atoms with Gasteiger partial charge < -0.3 is 9.80 Å². The van der Waals surface area contributed by atoms with Crippen molar-refractivity contribution in [2.45, 2.75) is 60.8 Å². The molecule has 65 heavy (non-hydrogen) atoms. The van der Waals surface area contributed by atoms with E-state index >= 15 is 0 Å². The molecule has 2 aliphatic carbocycles. The summed E-state index contributed by atoms with van der Waals surface area (Å²) in [6.45, 7) is 17.7. The molecule has 0 atom stereocenters. The van der Waals surface area contributed by atoms with Crippen molar-refractivity contribution >= 4 is 34.1 Å². The number of rotatable bonds is 7. The fourth-order valence-electron chi connectivity index (χ4n) is 11.4. The number of hydrogen-bond donors (Lipinski definition) is 0. The second-order valence-corrected chi connectivity index (χ2v) is 18.7. The van der Waals surface area contributed by atoms with Crippen molar-refractivity contribution in [3.63, 3.8) is 0 Å².